The van der Waals surface area contributed by atoms with Crippen LogP contribution in [0.5, 0.6) is 0 Å². The number of H-pyrrole nitrogens is 1. The van der Waals surface area contributed by atoms with Gasteiger partial charge in [0.15, 0.2) is 0 Å². The molecule has 0 unspecified atom stereocenters. The van der Waals surface area contributed by atoms with Crippen molar-refractivity contribution in [3.8, 4) is 5.69 Å². The Bertz CT molecular complexity index is 687. The van der Waals surface area contributed by atoms with E-state index in [0.717, 1.165) is 22.4 Å². The number of aryl methyl sites for hydroxylation is 3. The van der Waals surface area contributed by atoms with Crippen LogP contribution in [0.25, 0.3) is 5.69 Å². The number of hydrogen-bond donors (Lipinski definition) is 1. The molecule has 0 fully saturated rings. The molecule has 1 aromatic carbocycles. The number of aromatic amines is 1. The Morgan fingerprint density at radius 1 is 1.20 bits per heavy atom. The van der Waals surface area contributed by atoms with Crippen molar-refractivity contribution in [1.29, 1.82) is 0 Å². The van der Waals surface area contributed by atoms with Crippen LogP contribution in [0.4, 0.5) is 0 Å². The van der Waals surface area contributed by atoms with Gasteiger partial charge in [0.25, 0.3) is 5.56 Å². The smallest absolute Gasteiger partial charge is 0.356 e. The van der Waals surface area contributed by atoms with E-state index in [1.165, 1.54) is 10.7 Å². The SMILES string of the molecule is CCOC(=O)c1cc(=O)n(-c2c(C)cc(C)cc2C)[nH]1. The number of aromatic nitrogens is 2. The van der Waals surface area contributed by atoms with E-state index in [1.807, 2.05) is 32.9 Å². The number of hydrogen-bond acceptors (Lipinski definition) is 3. The minimum absolute atomic E-state index is 0.163. The van der Waals surface area contributed by atoms with Crippen LogP contribution in [0.1, 0.15) is 34.1 Å². The Labute approximate surface area is 117 Å². The third kappa shape index (κ3) is 2.52. The molecule has 0 amide bonds. The predicted molar refractivity (Wildman–Crippen MR) is 76.6 cm³/mol. The van der Waals surface area contributed by atoms with Crippen molar-refractivity contribution in [2.45, 2.75) is 27.7 Å². The highest BCUT2D eigenvalue weighted by molar-refractivity contribution is 5.87. The number of benzene rings is 1. The van der Waals surface area contributed by atoms with Gasteiger partial charge in [0.1, 0.15) is 5.69 Å². The van der Waals surface area contributed by atoms with E-state index in [1.54, 1.807) is 6.92 Å². The molecule has 0 atom stereocenters. The first kappa shape index (κ1) is 14.1. The van der Waals surface area contributed by atoms with Crippen molar-refractivity contribution in [2.24, 2.45) is 0 Å². The second-order valence-corrected chi connectivity index (χ2v) is 4.81. The molecule has 0 saturated carbocycles. The minimum Gasteiger partial charge on any atom is -0.461 e. The lowest BCUT2D eigenvalue weighted by atomic mass is 10.1. The molecule has 0 aliphatic rings. The first-order chi connectivity index (χ1) is 9.43. The average molecular weight is 274 g/mol. The highest BCUT2D eigenvalue weighted by Gasteiger charge is 2.15. The molecule has 2 rings (SSSR count). The number of rotatable bonds is 3. The molecular formula is C15H18N2O3. The quantitative estimate of drug-likeness (QED) is 0.873. The van der Waals surface area contributed by atoms with Crippen molar-refractivity contribution >= 4 is 5.97 Å². The van der Waals surface area contributed by atoms with Crippen LogP contribution in [0.2, 0.25) is 0 Å². The van der Waals surface area contributed by atoms with Crippen LogP contribution in [0.15, 0.2) is 23.0 Å². The molecule has 5 heteroatoms. The Morgan fingerprint density at radius 3 is 2.35 bits per heavy atom. The maximum Gasteiger partial charge on any atom is 0.356 e. The Morgan fingerprint density at radius 2 is 1.80 bits per heavy atom. The minimum atomic E-state index is -0.522. The van der Waals surface area contributed by atoms with Gasteiger partial charge in [-0.15, -0.1) is 0 Å². The van der Waals surface area contributed by atoms with Gasteiger partial charge in [0, 0.05) is 6.07 Å². The van der Waals surface area contributed by atoms with E-state index >= 15 is 0 Å². The van der Waals surface area contributed by atoms with Crippen LogP contribution < -0.4 is 5.56 Å². The van der Waals surface area contributed by atoms with E-state index in [0.29, 0.717) is 0 Å². The fourth-order valence-corrected chi connectivity index (χ4v) is 2.40. The third-order valence-electron chi connectivity index (χ3n) is 3.07. The average Bonchev–Trinajstić information content (AvgIpc) is 2.71. The molecular weight excluding hydrogens is 256 g/mol. The lowest BCUT2D eigenvalue weighted by molar-refractivity contribution is 0.0519. The van der Waals surface area contributed by atoms with E-state index in [4.69, 9.17) is 4.74 Å². The van der Waals surface area contributed by atoms with Crippen LogP contribution in [0.3, 0.4) is 0 Å². The number of nitrogens with one attached hydrogen (secondary N) is 1. The number of carbonyl (C=O) groups is 1. The molecule has 20 heavy (non-hydrogen) atoms. The Hall–Kier alpha value is -2.30. The largest absolute Gasteiger partial charge is 0.461 e. The fourth-order valence-electron chi connectivity index (χ4n) is 2.40. The first-order valence-corrected chi connectivity index (χ1v) is 6.51. The van der Waals surface area contributed by atoms with E-state index in [9.17, 15) is 9.59 Å². The molecule has 1 N–H and O–H groups in total. The van der Waals surface area contributed by atoms with Gasteiger partial charge in [-0.3, -0.25) is 9.89 Å². The molecule has 0 aliphatic carbocycles. The van der Waals surface area contributed by atoms with Gasteiger partial charge in [0.2, 0.25) is 0 Å². The number of ether oxygens (including phenoxy) is 1. The van der Waals surface area contributed by atoms with Crippen molar-refractivity contribution in [3.05, 3.63) is 50.9 Å². The monoisotopic (exact) mass is 274 g/mol. The zero-order chi connectivity index (χ0) is 14.9. The summed E-state index contributed by atoms with van der Waals surface area (Å²) in [7, 11) is 0. The molecule has 2 aromatic rings. The molecule has 0 radical (unpaired) electrons. The number of nitrogens with zero attached hydrogens (tertiary/aromatic N) is 1. The van der Waals surface area contributed by atoms with Crippen LogP contribution in [0, 0.1) is 20.8 Å². The Kier molecular flexibility index (Phi) is 3.79. The molecule has 1 heterocycles. The highest BCUT2D eigenvalue weighted by atomic mass is 16.5. The van der Waals surface area contributed by atoms with Crippen molar-refractivity contribution in [1.82, 2.24) is 9.78 Å². The van der Waals surface area contributed by atoms with Gasteiger partial charge in [-0.05, 0) is 38.8 Å². The van der Waals surface area contributed by atoms with E-state index in [2.05, 4.69) is 5.10 Å². The summed E-state index contributed by atoms with van der Waals surface area (Å²) >= 11 is 0. The number of carbonyl (C=O) groups excluding carboxylic acids is 1. The molecule has 0 aliphatic heterocycles. The highest BCUT2D eigenvalue weighted by Crippen LogP contribution is 2.19. The van der Waals surface area contributed by atoms with E-state index < -0.39 is 5.97 Å². The predicted octanol–water partition coefficient (Wildman–Crippen LogP) is 2.27. The van der Waals surface area contributed by atoms with Crippen molar-refractivity contribution < 1.29 is 9.53 Å². The maximum absolute atomic E-state index is 12.1. The lowest BCUT2D eigenvalue weighted by Crippen LogP contribution is -2.16. The van der Waals surface area contributed by atoms with Gasteiger partial charge in [0.05, 0.1) is 12.3 Å². The molecule has 0 spiro atoms. The lowest BCUT2D eigenvalue weighted by Gasteiger charge is -2.11. The van der Waals surface area contributed by atoms with E-state index in [-0.39, 0.29) is 17.9 Å². The van der Waals surface area contributed by atoms with Crippen LogP contribution in [-0.2, 0) is 4.74 Å². The molecule has 106 valence electrons. The second-order valence-electron chi connectivity index (χ2n) is 4.81. The topological polar surface area (TPSA) is 64.1 Å². The molecule has 5 nitrogen and oxygen atoms in total. The summed E-state index contributed by atoms with van der Waals surface area (Å²) in [6.45, 7) is 7.88. The zero-order valence-electron chi connectivity index (χ0n) is 12.1. The van der Waals surface area contributed by atoms with Crippen LogP contribution >= 0.6 is 0 Å². The van der Waals surface area contributed by atoms with Crippen molar-refractivity contribution in [3.63, 3.8) is 0 Å². The fraction of sp³-hybridized carbons (Fsp3) is 0.333. The standard InChI is InChI=1S/C15H18N2O3/c1-5-20-15(19)12-8-13(18)17(16-12)14-10(3)6-9(2)7-11(14)4/h6-8,16H,5H2,1-4H3. The van der Waals surface area contributed by atoms with Crippen molar-refractivity contribution in [2.75, 3.05) is 6.61 Å². The maximum atomic E-state index is 12.1. The summed E-state index contributed by atoms with van der Waals surface area (Å²) < 4.78 is 6.27. The number of esters is 1. The summed E-state index contributed by atoms with van der Waals surface area (Å²) in [6, 6.07) is 5.26. The summed E-state index contributed by atoms with van der Waals surface area (Å²) in [5, 5.41) is 2.81. The van der Waals surface area contributed by atoms with Gasteiger partial charge < -0.3 is 4.74 Å². The molecule has 0 saturated heterocycles. The third-order valence-corrected chi connectivity index (χ3v) is 3.07. The Balaban J connectivity index is 2.55. The van der Waals surface area contributed by atoms with Gasteiger partial charge in [-0.2, -0.15) is 0 Å². The summed E-state index contributed by atoms with van der Waals surface area (Å²) in [5.74, 6) is -0.522. The summed E-state index contributed by atoms with van der Waals surface area (Å²) in [4.78, 5) is 23.7. The normalized spacial score (nSPS) is 10.6. The molecule has 1 aromatic heterocycles. The summed E-state index contributed by atoms with van der Waals surface area (Å²) in [5.41, 5.74) is 3.74. The van der Waals surface area contributed by atoms with Gasteiger partial charge in [-0.1, -0.05) is 17.7 Å². The second kappa shape index (κ2) is 5.36. The van der Waals surface area contributed by atoms with Crippen LogP contribution in [-0.4, -0.2) is 22.4 Å². The van der Waals surface area contributed by atoms with Gasteiger partial charge in [-0.25, -0.2) is 9.48 Å². The zero-order valence-corrected chi connectivity index (χ0v) is 12.1. The van der Waals surface area contributed by atoms with Gasteiger partial charge >= 0.3 is 5.97 Å². The first-order valence-electron chi connectivity index (χ1n) is 6.51. The summed E-state index contributed by atoms with van der Waals surface area (Å²) in [6.07, 6.45) is 0. The molecule has 0 bridgehead atoms.